The summed E-state index contributed by atoms with van der Waals surface area (Å²) in [5.74, 6) is 0. The van der Waals surface area contributed by atoms with Crippen molar-refractivity contribution in [3.63, 3.8) is 0 Å². The van der Waals surface area contributed by atoms with Gasteiger partial charge in [-0.1, -0.05) is 12.2 Å². The Balaban J connectivity index is 1.94. The molecule has 0 saturated carbocycles. The average molecular weight is 238 g/mol. The summed E-state index contributed by atoms with van der Waals surface area (Å²) >= 11 is 4.78. The van der Waals surface area contributed by atoms with Crippen LogP contribution in [-0.2, 0) is 11.2 Å². The first-order valence-corrected chi connectivity index (χ1v) is 5.95. The minimum atomic E-state index is 0.570. The molecule has 1 heterocycles. The summed E-state index contributed by atoms with van der Waals surface area (Å²) in [6.45, 7) is 1.54. The van der Waals surface area contributed by atoms with Crippen molar-refractivity contribution in [2.45, 2.75) is 25.7 Å². The van der Waals surface area contributed by atoms with E-state index in [1.807, 2.05) is 24.5 Å². The van der Waals surface area contributed by atoms with Gasteiger partial charge in [-0.3, -0.25) is 4.98 Å². The molecule has 1 rings (SSSR count). The van der Waals surface area contributed by atoms with Gasteiger partial charge in [-0.15, -0.1) is 0 Å². The van der Waals surface area contributed by atoms with Gasteiger partial charge in [0.1, 0.15) is 0 Å². The Kier molecular flexibility index (Phi) is 6.69. The van der Waals surface area contributed by atoms with Gasteiger partial charge in [0.15, 0.2) is 0 Å². The van der Waals surface area contributed by atoms with Crippen LogP contribution in [0, 0.1) is 0 Å². The molecule has 3 nitrogen and oxygen atoms in total. The predicted octanol–water partition coefficient (Wildman–Crippen LogP) is 2.10. The molecule has 0 saturated heterocycles. The van der Waals surface area contributed by atoms with Crippen molar-refractivity contribution in [1.29, 1.82) is 0 Å². The maximum atomic E-state index is 5.47. The minimum Gasteiger partial charge on any atom is -0.393 e. The van der Waals surface area contributed by atoms with E-state index in [0.29, 0.717) is 4.99 Å². The van der Waals surface area contributed by atoms with Gasteiger partial charge < -0.3 is 10.5 Å². The lowest BCUT2D eigenvalue weighted by Crippen LogP contribution is -2.09. The van der Waals surface area contributed by atoms with Gasteiger partial charge in [-0.05, 0) is 43.4 Å². The fourth-order valence-electron chi connectivity index (χ4n) is 1.38. The van der Waals surface area contributed by atoms with E-state index in [4.69, 9.17) is 22.7 Å². The number of pyridine rings is 1. The lowest BCUT2D eigenvalue weighted by atomic mass is 10.1. The second-order valence-electron chi connectivity index (χ2n) is 3.64. The van der Waals surface area contributed by atoms with Crippen molar-refractivity contribution < 1.29 is 4.74 Å². The van der Waals surface area contributed by atoms with Crippen LogP contribution in [-0.4, -0.2) is 23.2 Å². The Morgan fingerprint density at radius 2 is 1.94 bits per heavy atom. The SMILES string of the molecule is NC(=S)CCCOCCCc1ccncc1. The Labute approximate surface area is 102 Å². The largest absolute Gasteiger partial charge is 0.393 e. The molecule has 2 N–H and O–H groups in total. The summed E-state index contributed by atoms with van der Waals surface area (Å²) in [5.41, 5.74) is 6.69. The number of aromatic nitrogens is 1. The van der Waals surface area contributed by atoms with Gasteiger partial charge in [-0.25, -0.2) is 0 Å². The molecule has 1 aromatic rings. The molecule has 0 aliphatic heterocycles. The molecule has 0 unspecified atom stereocenters. The first-order chi connectivity index (χ1) is 7.79. The standard InChI is InChI=1S/C12H18N2OS/c13-12(16)4-2-10-15-9-1-3-11-5-7-14-8-6-11/h5-8H,1-4,9-10H2,(H2,13,16). The Morgan fingerprint density at radius 1 is 1.25 bits per heavy atom. The smallest absolute Gasteiger partial charge is 0.0728 e. The fourth-order valence-corrected chi connectivity index (χ4v) is 1.52. The molecule has 16 heavy (non-hydrogen) atoms. The van der Waals surface area contributed by atoms with E-state index in [9.17, 15) is 0 Å². The molecule has 0 atom stereocenters. The number of nitrogens with two attached hydrogens (primary N) is 1. The van der Waals surface area contributed by atoms with Gasteiger partial charge in [0.05, 0.1) is 4.99 Å². The van der Waals surface area contributed by atoms with E-state index in [0.717, 1.165) is 38.9 Å². The summed E-state index contributed by atoms with van der Waals surface area (Å²) in [6, 6.07) is 4.07. The van der Waals surface area contributed by atoms with E-state index < -0.39 is 0 Å². The number of hydrogen-bond acceptors (Lipinski definition) is 3. The van der Waals surface area contributed by atoms with Crippen LogP contribution in [0.25, 0.3) is 0 Å². The van der Waals surface area contributed by atoms with Crippen LogP contribution in [0.15, 0.2) is 24.5 Å². The van der Waals surface area contributed by atoms with Crippen molar-refractivity contribution in [3.05, 3.63) is 30.1 Å². The predicted molar refractivity (Wildman–Crippen MR) is 69.4 cm³/mol. The van der Waals surface area contributed by atoms with Crippen LogP contribution >= 0.6 is 12.2 Å². The molecular formula is C12H18N2OS. The highest BCUT2D eigenvalue weighted by atomic mass is 32.1. The van der Waals surface area contributed by atoms with Crippen molar-refractivity contribution in [2.75, 3.05) is 13.2 Å². The second-order valence-corrected chi connectivity index (χ2v) is 4.17. The van der Waals surface area contributed by atoms with Crippen LogP contribution in [0.3, 0.4) is 0 Å². The average Bonchev–Trinajstić information content (AvgIpc) is 2.29. The summed E-state index contributed by atoms with van der Waals surface area (Å²) in [4.78, 5) is 4.55. The monoisotopic (exact) mass is 238 g/mol. The lowest BCUT2D eigenvalue weighted by Gasteiger charge is -2.03. The molecule has 0 aromatic carbocycles. The number of ether oxygens (including phenoxy) is 1. The fraction of sp³-hybridized carbons (Fsp3) is 0.500. The molecular weight excluding hydrogens is 220 g/mol. The zero-order chi connectivity index (χ0) is 11.6. The van der Waals surface area contributed by atoms with Crippen molar-refractivity contribution in [3.8, 4) is 0 Å². The summed E-state index contributed by atoms with van der Waals surface area (Å²) in [5, 5.41) is 0. The van der Waals surface area contributed by atoms with Crippen molar-refractivity contribution in [1.82, 2.24) is 4.98 Å². The molecule has 0 bridgehead atoms. The Bertz CT molecular complexity index is 303. The first-order valence-electron chi connectivity index (χ1n) is 5.54. The number of aryl methyl sites for hydroxylation is 1. The Morgan fingerprint density at radius 3 is 2.62 bits per heavy atom. The van der Waals surface area contributed by atoms with E-state index in [1.165, 1.54) is 5.56 Å². The number of thiocarbonyl (C=S) groups is 1. The topological polar surface area (TPSA) is 48.1 Å². The van der Waals surface area contributed by atoms with Gasteiger partial charge >= 0.3 is 0 Å². The number of nitrogens with zero attached hydrogens (tertiary/aromatic N) is 1. The lowest BCUT2D eigenvalue weighted by molar-refractivity contribution is 0.131. The molecule has 0 fully saturated rings. The molecule has 0 radical (unpaired) electrons. The highest BCUT2D eigenvalue weighted by molar-refractivity contribution is 7.80. The number of hydrogen-bond donors (Lipinski definition) is 1. The quantitative estimate of drug-likeness (QED) is 0.556. The van der Waals surface area contributed by atoms with Crippen molar-refractivity contribution in [2.24, 2.45) is 5.73 Å². The van der Waals surface area contributed by atoms with Gasteiger partial charge in [-0.2, -0.15) is 0 Å². The molecule has 0 aliphatic carbocycles. The molecule has 0 spiro atoms. The van der Waals surface area contributed by atoms with Crippen LogP contribution in [0.4, 0.5) is 0 Å². The van der Waals surface area contributed by atoms with Crippen LogP contribution in [0.1, 0.15) is 24.8 Å². The normalized spacial score (nSPS) is 10.2. The van der Waals surface area contributed by atoms with Crippen LogP contribution in [0.2, 0.25) is 0 Å². The molecule has 88 valence electrons. The highest BCUT2D eigenvalue weighted by Crippen LogP contribution is 2.01. The van der Waals surface area contributed by atoms with E-state index in [-0.39, 0.29) is 0 Å². The van der Waals surface area contributed by atoms with Crippen LogP contribution < -0.4 is 5.73 Å². The summed E-state index contributed by atoms with van der Waals surface area (Å²) in [6.07, 6.45) is 7.41. The summed E-state index contributed by atoms with van der Waals surface area (Å²) in [7, 11) is 0. The maximum Gasteiger partial charge on any atom is 0.0728 e. The van der Waals surface area contributed by atoms with Gasteiger partial charge in [0.2, 0.25) is 0 Å². The highest BCUT2D eigenvalue weighted by Gasteiger charge is 1.94. The third kappa shape index (κ3) is 6.48. The molecule has 1 aromatic heterocycles. The van der Waals surface area contributed by atoms with Crippen LogP contribution in [0.5, 0.6) is 0 Å². The molecule has 4 heteroatoms. The first kappa shape index (κ1) is 13.1. The number of rotatable bonds is 8. The zero-order valence-corrected chi connectivity index (χ0v) is 10.2. The van der Waals surface area contributed by atoms with E-state index in [2.05, 4.69) is 4.98 Å². The summed E-state index contributed by atoms with van der Waals surface area (Å²) < 4.78 is 5.47. The van der Waals surface area contributed by atoms with E-state index >= 15 is 0 Å². The second kappa shape index (κ2) is 8.19. The molecule has 0 amide bonds. The van der Waals surface area contributed by atoms with Gasteiger partial charge in [0.25, 0.3) is 0 Å². The maximum absolute atomic E-state index is 5.47. The third-order valence-corrected chi connectivity index (χ3v) is 2.42. The zero-order valence-electron chi connectivity index (χ0n) is 9.39. The van der Waals surface area contributed by atoms with Crippen molar-refractivity contribution >= 4 is 17.2 Å². The Hall–Kier alpha value is -1.00. The van der Waals surface area contributed by atoms with E-state index in [1.54, 1.807) is 0 Å². The molecule has 0 aliphatic rings. The van der Waals surface area contributed by atoms with Gasteiger partial charge in [0, 0.05) is 25.6 Å². The third-order valence-electron chi connectivity index (χ3n) is 2.22. The minimum absolute atomic E-state index is 0.570.